The first-order valence-electron chi connectivity index (χ1n) is 15.7. The van der Waals surface area contributed by atoms with Crippen molar-refractivity contribution in [3.8, 4) is 11.5 Å². The molecule has 0 bridgehead atoms. The highest BCUT2D eigenvalue weighted by Gasteiger charge is 2.29. The van der Waals surface area contributed by atoms with E-state index in [1.807, 2.05) is 73.1 Å². The Kier molecular flexibility index (Phi) is 6.90. The molecule has 0 spiro atoms. The molecule has 8 rings (SSSR count). The van der Waals surface area contributed by atoms with Crippen LogP contribution in [0.1, 0.15) is 80.6 Å². The molecule has 6 aromatic rings. The number of nitrogens with one attached hydrogen (secondary N) is 2. The molecule has 0 aliphatic heterocycles. The van der Waals surface area contributed by atoms with Crippen molar-refractivity contribution in [2.75, 3.05) is 11.5 Å². The Morgan fingerprint density at radius 1 is 0.574 bits per heavy atom. The first-order valence-corrected chi connectivity index (χ1v) is 15.7. The van der Waals surface area contributed by atoms with Gasteiger partial charge in [0.1, 0.15) is 11.5 Å². The molecule has 0 saturated carbocycles. The van der Waals surface area contributed by atoms with Gasteiger partial charge in [0.05, 0.1) is 23.8 Å². The van der Waals surface area contributed by atoms with Gasteiger partial charge in [0.2, 0.25) is 0 Å². The van der Waals surface area contributed by atoms with Gasteiger partial charge < -0.3 is 21.7 Å². The van der Waals surface area contributed by atoms with Crippen LogP contribution in [-0.4, -0.2) is 30.6 Å². The third-order valence-corrected chi connectivity index (χ3v) is 9.54. The van der Waals surface area contributed by atoms with E-state index in [1.165, 1.54) is 0 Å². The van der Waals surface area contributed by atoms with Gasteiger partial charge in [-0.15, -0.1) is 0 Å². The number of nitrogens with two attached hydrogens (primary N) is 2. The van der Waals surface area contributed by atoms with Gasteiger partial charge in [0.25, 0.3) is 0 Å². The Morgan fingerprint density at radius 2 is 1.00 bits per heavy atom. The highest BCUT2D eigenvalue weighted by Crippen LogP contribution is 2.46. The van der Waals surface area contributed by atoms with Crippen LogP contribution in [-0.2, 0) is 6.42 Å². The third-order valence-electron chi connectivity index (χ3n) is 9.54. The second kappa shape index (κ2) is 11.4. The summed E-state index contributed by atoms with van der Waals surface area (Å²) >= 11 is 0. The minimum Gasteiger partial charge on any atom is -0.508 e. The number of phenols is 2. The lowest BCUT2D eigenvalue weighted by molar-refractivity contribution is 0.464. The van der Waals surface area contributed by atoms with E-state index in [1.54, 1.807) is 12.1 Å². The molecule has 232 valence electrons. The monoisotopic (exact) mass is 618 g/mol. The van der Waals surface area contributed by atoms with E-state index in [0.29, 0.717) is 6.42 Å². The summed E-state index contributed by atoms with van der Waals surface area (Å²) < 4.78 is 0. The van der Waals surface area contributed by atoms with E-state index in [-0.39, 0.29) is 23.3 Å². The van der Waals surface area contributed by atoms with E-state index in [4.69, 9.17) is 11.5 Å². The molecule has 2 atom stereocenters. The number of H-pyrrole nitrogens is 2. The van der Waals surface area contributed by atoms with Crippen molar-refractivity contribution in [3.63, 3.8) is 0 Å². The summed E-state index contributed by atoms with van der Waals surface area (Å²) in [6.45, 7) is 0. The van der Waals surface area contributed by atoms with Crippen LogP contribution in [0, 0.1) is 0 Å². The molecule has 0 saturated heterocycles. The molecule has 2 aliphatic rings. The summed E-state index contributed by atoms with van der Waals surface area (Å²) in [6, 6.07) is 27.5. The highest BCUT2D eigenvalue weighted by atomic mass is 16.3. The number of nitrogen functional groups attached to an aromatic ring is 2. The number of nitrogens with zero attached hydrogens (tertiary/aromatic N) is 2. The van der Waals surface area contributed by atoms with Crippen molar-refractivity contribution in [1.82, 2.24) is 20.4 Å². The van der Waals surface area contributed by atoms with Gasteiger partial charge in [-0.2, -0.15) is 10.2 Å². The quantitative estimate of drug-likeness (QED) is 0.107. The Bertz CT molecular complexity index is 2020. The second-order valence-electron chi connectivity index (χ2n) is 12.5. The summed E-state index contributed by atoms with van der Waals surface area (Å²) in [5.74, 6) is 0.369. The lowest BCUT2D eigenvalue weighted by Gasteiger charge is -2.25. The maximum absolute atomic E-state index is 11.1. The zero-order valence-electron chi connectivity index (χ0n) is 25.6. The number of rotatable bonds is 6. The third kappa shape index (κ3) is 5.33. The van der Waals surface area contributed by atoms with Gasteiger partial charge in [0.15, 0.2) is 0 Å². The second-order valence-corrected chi connectivity index (χ2v) is 12.5. The molecule has 2 unspecified atom stereocenters. The predicted molar refractivity (Wildman–Crippen MR) is 187 cm³/mol. The fourth-order valence-electron chi connectivity index (χ4n) is 7.10. The molecule has 4 aromatic carbocycles. The molecule has 0 radical (unpaired) electrons. The summed E-state index contributed by atoms with van der Waals surface area (Å²) in [5, 5.41) is 37.2. The van der Waals surface area contributed by atoms with Crippen molar-refractivity contribution < 1.29 is 10.2 Å². The number of hydrogen-bond acceptors (Lipinski definition) is 6. The Morgan fingerprint density at radius 3 is 1.43 bits per heavy atom. The molecule has 2 heterocycles. The van der Waals surface area contributed by atoms with Crippen LogP contribution in [0.5, 0.6) is 11.5 Å². The maximum Gasteiger partial charge on any atom is 0.119 e. The first-order chi connectivity index (χ1) is 22.9. The maximum atomic E-state index is 11.1. The van der Waals surface area contributed by atoms with Crippen molar-refractivity contribution in [2.24, 2.45) is 0 Å². The number of hydrogen-bond donors (Lipinski definition) is 6. The first kappa shape index (κ1) is 28.5. The lowest BCUT2D eigenvalue weighted by atomic mass is 9.78. The van der Waals surface area contributed by atoms with Gasteiger partial charge in [-0.25, -0.2) is 0 Å². The van der Waals surface area contributed by atoms with Crippen LogP contribution < -0.4 is 11.5 Å². The van der Waals surface area contributed by atoms with Gasteiger partial charge in [0, 0.05) is 45.5 Å². The smallest absolute Gasteiger partial charge is 0.119 e. The summed E-state index contributed by atoms with van der Waals surface area (Å²) in [7, 11) is 0. The Labute approximate surface area is 272 Å². The molecule has 47 heavy (non-hydrogen) atoms. The van der Waals surface area contributed by atoms with Crippen LogP contribution in [0.4, 0.5) is 11.4 Å². The van der Waals surface area contributed by atoms with Crippen LogP contribution in [0.25, 0.3) is 23.3 Å². The largest absolute Gasteiger partial charge is 0.508 e. The average Bonchev–Trinajstić information content (AvgIpc) is 3.76. The minimum absolute atomic E-state index is 0.0723. The fraction of sp³-hybridized carbons (Fsp3) is 0.128. The Balaban J connectivity index is 1.10. The summed E-state index contributed by atoms with van der Waals surface area (Å²) in [6.07, 6.45) is 10.1. The summed E-state index contributed by atoms with van der Waals surface area (Å²) in [5.41, 5.74) is 25.7. The van der Waals surface area contributed by atoms with Gasteiger partial charge in [-0.1, -0.05) is 48.5 Å². The number of phenolic OH excluding ortho intramolecular Hbond substituents is 2. The van der Waals surface area contributed by atoms with Crippen LogP contribution >= 0.6 is 0 Å². The SMILES string of the molecule is Nc1ccc(C2=Cc3[nH]ncc3C(c3cc(Cc4ccc(O)c(C5CC(c6ccc(N)cc6)=Cc6[nH]ncc65)c4)ccc3O)C2)cc1. The predicted octanol–water partition coefficient (Wildman–Crippen LogP) is 7.45. The standard InChI is InChI=1S/C39H34N6O2/c40-28-7-3-24(4-8-28)26-16-30(34-20-42-44-36(34)18-26)32-14-22(1-11-38(32)46)13-23-2-12-39(47)33(15-23)31-17-27(19-37-35(31)21-43-45-37)25-5-9-29(41)10-6-25/h1-12,14-15,18-21,30-31,46-47H,13,16-17,40-41H2,(H,42,44)(H,43,45). The molecule has 0 fully saturated rings. The van der Waals surface area contributed by atoms with E-state index >= 15 is 0 Å². The highest BCUT2D eigenvalue weighted by molar-refractivity contribution is 5.86. The van der Waals surface area contributed by atoms with Crippen molar-refractivity contribution in [2.45, 2.75) is 31.1 Å². The van der Waals surface area contributed by atoms with Crippen molar-refractivity contribution in [1.29, 1.82) is 0 Å². The lowest BCUT2D eigenvalue weighted by Crippen LogP contribution is -2.09. The van der Waals surface area contributed by atoms with Crippen LogP contribution in [0.3, 0.4) is 0 Å². The van der Waals surface area contributed by atoms with Gasteiger partial charge >= 0.3 is 0 Å². The zero-order valence-corrected chi connectivity index (χ0v) is 25.6. The number of aromatic nitrogens is 4. The van der Waals surface area contributed by atoms with E-state index < -0.39 is 0 Å². The van der Waals surface area contributed by atoms with E-state index in [2.05, 4.69) is 44.7 Å². The van der Waals surface area contributed by atoms with Crippen LogP contribution in [0.15, 0.2) is 97.3 Å². The molecule has 8 heteroatoms. The van der Waals surface area contributed by atoms with Crippen LogP contribution in [0.2, 0.25) is 0 Å². The number of benzene rings is 4. The molecule has 2 aliphatic carbocycles. The number of fused-ring (bicyclic) bond motifs is 2. The zero-order chi connectivity index (χ0) is 32.1. The summed E-state index contributed by atoms with van der Waals surface area (Å²) in [4.78, 5) is 0. The number of aromatic hydroxyl groups is 2. The molecule has 2 aromatic heterocycles. The number of allylic oxidation sites excluding steroid dienone is 2. The van der Waals surface area contributed by atoms with Crippen molar-refractivity contribution in [3.05, 3.63) is 153 Å². The van der Waals surface area contributed by atoms with Crippen molar-refractivity contribution >= 4 is 34.7 Å². The van der Waals surface area contributed by atoms with E-state index in [9.17, 15) is 10.2 Å². The van der Waals surface area contributed by atoms with E-state index in [0.717, 1.165) is 91.3 Å². The minimum atomic E-state index is -0.0723. The molecule has 0 amide bonds. The number of aromatic amines is 2. The molecule has 8 nitrogen and oxygen atoms in total. The normalized spacial score (nSPS) is 17.0. The Hall–Kier alpha value is -6.02. The van der Waals surface area contributed by atoms with Gasteiger partial charge in [-0.05, 0) is 101 Å². The van der Waals surface area contributed by atoms with Gasteiger partial charge in [-0.3, -0.25) is 10.2 Å². The topological polar surface area (TPSA) is 150 Å². The average molecular weight is 619 g/mol. The molecule has 8 N–H and O–H groups in total. The molecular formula is C39H34N6O2. The number of anilines is 2. The molecular weight excluding hydrogens is 584 g/mol. The fourth-order valence-corrected chi connectivity index (χ4v) is 7.10.